The van der Waals surface area contributed by atoms with Gasteiger partial charge in [0, 0.05) is 6.42 Å². The summed E-state index contributed by atoms with van der Waals surface area (Å²) in [5.74, 6) is -0.553. The lowest BCUT2D eigenvalue weighted by Gasteiger charge is -2.16. The van der Waals surface area contributed by atoms with E-state index in [0.717, 1.165) is 17.3 Å². The van der Waals surface area contributed by atoms with Crippen LogP contribution in [-0.2, 0) is 20.7 Å². The van der Waals surface area contributed by atoms with Gasteiger partial charge in [-0.25, -0.2) is 9.89 Å². The molecule has 2 aromatic rings. The normalized spacial score (nSPS) is 11.7. The molecule has 1 aromatic heterocycles. The van der Waals surface area contributed by atoms with Crippen LogP contribution in [0.15, 0.2) is 35.5 Å². The third-order valence-electron chi connectivity index (χ3n) is 2.92. The number of nitrogens with zero attached hydrogens (tertiary/aromatic N) is 2. The van der Waals surface area contributed by atoms with Crippen molar-refractivity contribution in [1.29, 1.82) is 0 Å². The number of methoxy groups -OCH3 is 1. The van der Waals surface area contributed by atoms with Gasteiger partial charge in [-0.15, -0.1) is 5.10 Å². The first-order valence-corrected chi connectivity index (χ1v) is 7.79. The van der Waals surface area contributed by atoms with Gasteiger partial charge in [-0.3, -0.25) is 4.79 Å². The molecule has 1 heterocycles. The zero-order valence-electron chi connectivity index (χ0n) is 12.5. The van der Waals surface area contributed by atoms with Crippen molar-refractivity contribution >= 4 is 29.6 Å². The van der Waals surface area contributed by atoms with Crippen LogP contribution in [0.5, 0.6) is 0 Å². The largest absolute Gasteiger partial charge is 0.467 e. The Bertz CT molecular complexity index is 661. The molecule has 1 aromatic carbocycles. The number of ether oxygens (including phenoxy) is 1. The van der Waals surface area contributed by atoms with Crippen molar-refractivity contribution < 1.29 is 14.3 Å². The molecule has 0 aliphatic carbocycles. The summed E-state index contributed by atoms with van der Waals surface area (Å²) in [6.45, 7) is 0. The number of aromatic nitrogens is 3. The van der Waals surface area contributed by atoms with Gasteiger partial charge in [-0.05, 0) is 5.56 Å². The summed E-state index contributed by atoms with van der Waals surface area (Å²) in [4.78, 5) is 27.7. The van der Waals surface area contributed by atoms with Crippen molar-refractivity contribution in [2.24, 2.45) is 0 Å². The maximum absolute atomic E-state index is 12.0. The Morgan fingerprint density at radius 2 is 2.13 bits per heavy atom. The molecule has 0 bridgehead atoms. The van der Waals surface area contributed by atoms with Crippen LogP contribution in [0, 0.1) is 0 Å². The van der Waals surface area contributed by atoms with Crippen LogP contribution >= 0.6 is 11.8 Å². The molecular weight excluding hydrogens is 318 g/mol. The van der Waals surface area contributed by atoms with E-state index in [1.54, 1.807) is 0 Å². The Morgan fingerprint density at radius 1 is 1.39 bits per heavy atom. The SMILES string of the molecule is COC(=O)C(Cc1ccccc1)NC(=O)CSc1n[nH]c(N)n1. The van der Waals surface area contributed by atoms with Gasteiger partial charge < -0.3 is 15.8 Å². The van der Waals surface area contributed by atoms with Crippen LogP contribution in [0.2, 0.25) is 0 Å². The molecule has 23 heavy (non-hydrogen) atoms. The molecule has 0 saturated heterocycles. The number of thioether (sulfide) groups is 1. The topological polar surface area (TPSA) is 123 Å². The minimum Gasteiger partial charge on any atom is -0.467 e. The molecule has 0 saturated carbocycles. The number of hydrogen-bond acceptors (Lipinski definition) is 7. The Morgan fingerprint density at radius 3 is 2.74 bits per heavy atom. The first kappa shape index (κ1) is 16.8. The van der Waals surface area contributed by atoms with E-state index in [-0.39, 0.29) is 17.6 Å². The lowest BCUT2D eigenvalue weighted by Crippen LogP contribution is -2.43. The number of benzene rings is 1. The highest BCUT2D eigenvalue weighted by molar-refractivity contribution is 7.99. The number of nitrogen functional groups attached to an aromatic ring is 1. The number of hydrogen-bond donors (Lipinski definition) is 3. The van der Waals surface area contributed by atoms with Crippen molar-refractivity contribution in [1.82, 2.24) is 20.5 Å². The van der Waals surface area contributed by atoms with Gasteiger partial charge in [0.2, 0.25) is 17.0 Å². The number of H-pyrrole nitrogens is 1. The van der Waals surface area contributed by atoms with Crippen molar-refractivity contribution in [3.8, 4) is 0 Å². The number of anilines is 1. The van der Waals surface area contributed by atoms with E-state index in [9.17, 15) is 9.59 Å². The second kappa shape index (κ2) is 8.18. The number of amides is 1. The molecule has 0 spiro atoms. The standard InChI is InChI=1S/C14H17N5O3S/c1-22-12(21)10(7-9-5-3-2-4-6-9)16-11(20)8-23-14-17-13(15)18-19-14/h2-6,10H,7-8H2,1H3,(H,16,20)(H3,15,17,18,19). The van der Waals surface area contributed by atoms with Gasteiger partial charge >= 0.3 is 5.97 Å². The van der Waals surface area contributed by atoms with Crippen molar-refractivity contribution in [3.63, 3.8) is 0 Å². The zero-order valence-corrected chi connectivity index (χ0v) is 13.3. The number of nitrogens with one attached hydrogen (secondary N) is 2. The van der Waals surface area contributed by atoms with E-state index in [0.29, 0.717) is 11.6 Å². The molecule has 2 rings (SSSR count). The average Bonchev–Trinajstić information content (AvgIpc) is 2.98. The van der Waals surface area contributed by atoms with Crippen LogP contribution in [-0.4, -0.2) is 46.0 Å². The van der Waals surface area contributed by atoms with E-state index < -0.39 is 12.0 Å². The van der Waals surface area contributed by atoms with E-state index in [4.69, 9.17) is 10.5 Å². The number of aromatic amines is 1. The smallest absolute Gasteiger partial charge is 0.328 e. The third kappa shape index (κ3) is 5.29. The Balaban J connectivity index is 1.91. The van der Waals surface area contributed by atoms with E-state index in [1.165, 1.54) is 7.11 Å². The number of nitrogens with two attached hydrogens (primary N) is 1. The average molecular weight is 335 g/mol. The number of carbonyl (C=O) groups excluding carboxylic acids is 2. The first-order valence-electron chi connectivity index (χ1n) is 6.80. The van der Waals surface area contributed by atoms with Gasteiger partial charge in [0.15, 0.2) is 0 Å². The van der Waals surface area contributed by atoms with Gasteiger partial charge in [-0.1, -0.05) is 42.1 Å². The Labute approximate surface area is 137 Å². The summed E-state index contributed by atoms with van der Waals surface area (Å²) < 4.78 is 4.74. The summed E-state index contributed by atoms with van der Waals surface area (Å²) >= 11 is 1.12. The van der Waals surface area contributed by atoms with Crippen LogP contribution in [0.1, 0.15) is 5.56 Å². The highest BCUT2D eigenvalue weighted by atomic mass is 32.2. The second-order valence-electron chi connectivity index (χ2n) is 4.62. The minimum absolute atomic E-state index is 0.0690. The summed E-state index contributed by atoms with van der Waals surface area (Å²) in [6, 6.07) is 8.65. The molecule has 0 radical (unpaired) electrons. The van der Waals surface area contributed by atoms with Gasteiger partial charge in [0.25, 0.3) is 0 Å². The molecule has 1 unspecified atom stereocenters. The molecule has 1 atom stereocenters. The molecule has 4 N–H and O–H groups in total. The number of carbonyl (C=O) groups is 2. The summed E-state index contributed by atoms with van der Waals surface area (Å²) in [6.07, 6.45) is 0.359. The Kier molecular flexibility index (Phi) is 5.98. The predicted molar refractivity (Wildman–Crippen MR) is 85.6 cm³/mol. The summed E-state index contributed by atoms with van der Waals surface area (Å²) in [7, 11) is 1.29. The van der Waals surface area contributed by atoms with Crippen molar-refractivity contribution in [2.75, 3.05) is 18.6 Å². The monoisotopic (exact) mass is 335 g/mol. The van der Waals surface area contributed by atoms with E-state index in [1.807, 2.05) is 30.3 Å². The molecule has 0 fully saturated rings. The lowest BCUT2D eigenvalue weighted by molar-refractivity contribution is -0.144. The fraction of sp³-hybridized carbons (Fsp3) is 0.286. The number of esters is 1. The van der Waals surface area contributed by atoms with Gasteiger partial charge in [0.1, 0.15) is 6.04 Å². The molecule has 0 aliphatic heterocycles. The van der Waals surface area contributed by atoms with Crippen LogP contribution in [0.4, 0.5) is 5.95 Å². The maximum atomic E-state index is 12.0. The van der Waals surface area contributed by atoms with Crippen LogP contribution < -0.4 is 11.1 Å². The summed E-state index contributed by atoms with van der Waals surface area (Å²) in [5.41, 5.74) is 6.33. The minimum atomic E-state index is -0.743. The molecule has 0 aliphatic rings. The predicted octanol–water partition coefficient (Wildman–Crippen LogP) is 0.379. The quantitative estimate of drug-likeness (QED) is 0.494. The summed E-state index contributed by atoms with van der Waals surface area (Å²) in [5, 5.41) is 9.33. The fourth-order valence-corrected chi connectivity index (χ4v) is 2.49. The number of rotatable bonds is 7. The highest BCUT2D eigenvalue weighted by Gasteiger charge is 2.22. The van der Waals surface area contributed by atoms with Crippen molar-refractivity contribution in [3.05, 3.63) is 35.9 Å². The van der Waals surface area contributed by atoms with Crippen molar-refractivity contribution in [2.45, 2.75) is 17.6 Å². The lowest BCUT2D eigenvalue weighted by atomic mass is 10.1. The second-order valence-corrected chi connectivity index (χ2v) is 5.57. The van der Waals surface area contributed by atoms with Gasteiger partial charge in [0.05, 0.1) is 12.9 Å². The molecular formula is C14H17N5O3S. The molecule has 122 valence electrons. The van der Waals surface area contributed by atoms with Crippen LogP contribution in [0.25, 0.3) is 0 Å². The Hall–Kier alpha value is -2.55. The highest BCUT2D eigenvalue weighted by Crippen LogP contribution is 2.12. The van der Waals surface area contributed by atoms with E-state index >= 15 is 0 Å². The van der Waals surface area contributed by atoms with Gasteiger partial charge in [-0.2, -0.15) is 4.98 Å². The molecule has 8 nitrogen and oxygen atoms in total. The molecule has 9 heteroatoms. The fourth-order valence-electron chi connectivity index (χ4n) is 1.87. The maximum Gasteiger partial charge on any atom is 0.328 e. The van der Waals surface area contributed by atoms with E-state index in [2.05, 4.69) is 20.5 Å². The van der Waals surface area contributed by atoms with Crippen LogP contribution in [0.3, 0.4) is 0 Å². The zero-order chi connectivity index (χ0) is 16.7. The first-order chi connectivity index (χ1) is 11.1. The molecule has 1 amide bonds. The third-order valence-corrected chi connectivity index (χ3v) is 3.77.